The smallest absolute Gasteiger partial charge is 0.150 e. The third-order valence-electron chi connectivity index (χ3n) is 2.56. The Morgan fingerprint density at radius 3 is 2.12 bits per heavy atom. The zero-order valence-corrected chi connectivity index (χ0v) is 12.1. The van der Waals surface area contributed by atoms with E-state index in [0.29, 0.717) is 0 Å². The van der Waals surface area contributed by atoms with Crippen LogP contribution >= 0.6 is 11.9 Å². The molecular weight excluding hydrogens is 242 g/mol. The molecule has 0 spiro atoms. The summed E-state index contributed by atoms with van der Waals surface area (Å²) in [7, 11) is -2.85. The van der Waals surface area contributed by atoms with Crippen LogP contribution in [0.25, 0.3) is 0 Å². The van der Waals surface area contributed by atoms with Gasteiger partial charge in [0.2, 0.25) is 0 Å². The summed E-state index contributed by atoms with van der Waals surface area (Å²) in [6.07, 6.45) is 4.48. The van der Waals surface area contributed by atoms with Crippen LogP contribution in [-0.4, -0.2) is 30.4 Å². The van der Waals surface area contributed by atoms with Gasteiger partial charge in [-0.2, -0.15) is 0 Å². The van der Waals surface area contributed by atoms with Gasteiger partial charge >= 0.3 is 0 Å². The minimum Gasteiger partial charge on any atom is -0.229 e. The Balaban J connectivity index is 2.50. The van der Waals surface area contributed by atoms with Crippen LogP contribution in [0.3, 0.4) is 0 Å². The van der Waals surface area contributed by atoms with Gasteiger partial charge in [0.25, 0.3) is 0 Å². The van der Waals surface area contributed by atoms with E-state index in [1.165, 1.54) is 12.0 Å². The van der Waals surface area contributed by atoms with Crippen LogP contribution in [0.1, 0.15) is 46.5 Å². The lowest BCUT2D eigenvalue weighted by molar-refractivity contribution is 0.562. The van der Waals surface area contributed by atoms with Crippen LogP contribution < -0.4 is 0 Å². The van der Waals surface area contributed by atoms with Gasteiger partial charge in [-0.25, -0.2) is 12.8 Å². The van der Waals surface area contributed by atoms with Crippen molar-refractivity contribution in [1.82, 2.24) is 0 Å². The first-order valence-electron chi connectivity index (χ1n) is 5.61. The largest absolute Gasteiger partial charge is 0.229 e. The zero-order chi connectivity index (χ0) is 12.4. The highest BCUT2D eigenvalue weighted by atomic mass is 32.2. The molecule has 0 heterocycles. The maximum atomic E-state index is 11.4. The van der Waals surface area contributed by atoms with Crippen LogP contribution in [0, 0.1) is 0 Å². The molecule has 0 saturated heterocycles. The summed E-state index contributed by atoms with van der Waals surface area (Å²) in [5.41, 5.74) is 1.17. The minimum absolute atomic E-state index is 0.140. The topological polar surface area (TPSA) is 46.5 Å². The summed E-state index contributed by atoms with van der Waals surface area (Å²) < 4.78 is 27.4. The Labute approximate surface area is 103 Å². The Morgan fingerprint density at radius 1 is 1.25 bits per heavy atom. The van der Waals surface area contributed by atoms with Crippen LogP contribution in [-0.2, 0) is 9.84 Å². The average Bonchev–Trinajstić information content (AvgIpc) is 2.13. The van der Waals surface area contributed by atoms with Crippen molar-refractivity contribution in [3.63, 3.8) is 0 Å². The van der Waals surface area contributed by atoms with E-state index in [-0.39, 0.29) is 10.00 Å². The van der Waals surface area contributed by atoms with Crippen molar-refractivity contribution in [3.8, 4) is 0 Å². The van der Waals surface area contributed by atoms with Crippen molar-refractivity contribution in [1.29, 1.82) is 0 Å². The lowest BCUT2D eigenvalue weighted by Crippen LogP contribution is -2.26. The molecule has 16 heavy (non-hydrogen) atoms. The Bertz CT molecular complexity index is 356. The fraction of sp³-hybridized carbons (Fsp3) is 0.909. The third kappa shape index (κ3) is 4.87. The van der Waals surface area contributed by atoms with Crippen LogP contribution in [0.5, 0.6) is 0 Å². The monoisotopic (exact) mass is 263 g/mol. The van der Waals surface area contributed by atoms with E-state index < -0.39 is 9.84 Å². The Morgan fingerprint density at radius 2 is 1.75 bits per heavy atom. The van der Waals surface area contributed by atoms with Gasteiger partial charge in [-0.1, -0.05) is 0 Å². The van der Waals surface area contributed by atoms with E-state index in [0.717, 1.165) is 25.7 Å². The number of nitrogens with zero attached hydrogens (tertiary/aromatic N) is 1. The molecule has 1 aliphatic rings. The molecule has 3 nitrogen and oxygen atoms in total. The van der Waals surface area contributed by atoms with Gasteiger partial charge in [-0.15, -0.1) is 0 Å². The van der Waals surface area contributed by atoms with Crippen molar-refractivity contribution in [2.75, 3.05) is 6.26 Å². The highest BCUT2D eigenvalue weighted by Gasteiger charge is 2.25. The summed E-state index contributed by atoms with van der Waals surface area (Å²) in [5, 5.41) is -0.147. The molecule has 5 heteroatoms. The Kier molecular flexibility index (Phi) is 4.46. The van der Waals surface area contributed by atoms with Gasteiger partial charge in [0.05, 0.1) is 5.25 Å². The maximum Gasteiger partial charge on any atom is 0.150 e. The molecule has 0 aromatic heterocycles. The fourth-order valence-electron chi connectivity index (χ4n) is 1.65. The molecular formula is C11H21NO2S2. The first-order valence-corrected chi connectivity index (χ1v) is 8.34. The maximum absolute atomic E-state index is 11.4. The SMILES string of the molecule is CC(C)(C)SN=C1CCC(S(C)(=O)=O)CC1. The van der Waals surface area contributed by atoms with Gasteiger partial charge in [-0.3, -0.25) is 0 Å². The normalized spacial score (nSPS) is 23.2. The van der Waals surface area contributed by atoms with E-state index in [2.05, 4.69) is 25.2 Å². The molecule has 0 aromatic rings. The summed E-state index contributed by atoms with van der Waals surface area (Å²) in [6.45, 7) is 6.39. The molecule has 1 rings (SSSR count). The van der Waals surface area contributed by atoms with Crippen LogP contribution in [0.15, 0.2) is 4.40 Å². The average molecular weight is 263 g/mol. The molecule has 0 aromatic carbocycles. The molecule has 0 bridgehead atoms. The van der Waals surface area contributed by atoms with Crippen molar-refractivity contribution in [3.05, 3.63) is 0 Å². The third-order valence-corrected chi connectivity index (χ3v) is 5.14. The zero-order valence-electron chi connectivity index (χ0n) is 10.5. The van der Waals surface area contributed by atoms with E-state index in [1.54, 1.807) is 11.9 Å². The summed E-state index contributed by atoms with van der Waals surface area (Å²) in [6, 6.07) is 0. The molecule has 0 amide bonds. The molecule has 1 saturated carbocycles. The van der Waals surface area contributed by atoms with Gasteiger partial charge in [-0.05, 0) is 58.4 Å². The second-order valence-electron chi connectivity index (χ2n) is 5.39. The first kappa shape index (κ1) is 14.0. The molecule has 1 fully saturated rings. The number of hydrogen-bond acceptors (Lipinski definition) is 4. The predicted octanol–water partition coefficient (Wildman–Crippen LogP) is 2.86. The second-order valence-corrected chi connectivity index (χ2v) is 9.31. The van der Waals surface area contributed by atoms with E-state index >= 15 is 0 Å². The van der Waals surface area contributed by atoms with Gasteiger partial charge in [0, 0.05) is 16.7 Å². The fourth-order valence-corrected chi connectivity index (χ4v) is 3.32. The summed E-state index contributed by atoms with van der Waals surface area (Å²) >= 11 is 1.59. The van der Waals surface area contributed by atoms with E-state index in [4.69, 9.17) is 0 Å². The second kappa shape index (κ2) is 5.08. The van der Waals surface area contributed by atoms with Crippen molar-refractivity contribution in [2.24, 2.45) is 4.40 Å². The van der Waals surface area contributed by atoms with Crippen molar-refractivity contribution < 1.29 is 8.42 Å². The van der Waals surface area contributed by atoms with Gasteiger partial charge in [0.15, 0.2) is 0 Å². The van der Waals surface area contributed by atoms with E-state index in [1.807, 2.05) is 0 Å². The Hall–Kier alpha value is -0.0300. The minimum atomic E-state index is -2.85. The highest BCUT2D eigenvalue weighted by Crippen LogP contribution is 2.28. The van der Waals surface area contributed by atoms with E-state index in [9.17, 15) is 8.42 Å². The van der Waals surface area contributed by atoms with Crippen molar-refractivity contribution in [2.45, 2.75) is 56.5 Å². The molecule has 94 valence electrons. The molecule has 0 radical (unpaired) electrons. The van der Waals surface area contributed by atoms with Crippen LogP contribution in [0.4, 0.5) is 0 Å². The standard InChI is InChI=1S/C11H21NO2S2/c1-11(2,3)15-12-9-5-7-10(8-6-9)16(4,13)14/h10H,5-8H2,1-4H3. The number of rotatable bonds is 2. The number of hydrogen-bond donors (Lipinski definition) is 0. The quantitative estimate of drug-likeness (QED) is 0.720. The summed E-state index contributed by atoms with van der Waals surface area (Å²) in [5.74, 6) is 0. The van der Waals surface area contributed by atoms with Gasteiger partial charge < -0.3 is 0 Å². The lowest BCUT2D eigenvalue weighted by Gasteiger charge is -2.22. The summed E-state index contributed by atoms with van der Waals surface area (Å²) in [4.78, 5) is 0. The molecule has 0 unspecified atom stereocenters. The number of sulfone groups is 1. The van der Waals surface area contributed by atoms with Gasteiger partial charge in [0.1, 0.15) is 9.84 Å². The molecule has 0 aliphatic heterocycles. The predicted molar refractivity (Wildman–Crippen MR) is 71.9 cm³/mol. The first-order chi connectivity index (χ1) is 7.18. The van der Waals surface area contributed by atoms with Crippen LogP contribution in [0.2, 0.25) is 0 Å². The molecule has 1 aliphatic carbocycles. The van der Waals surface area contributed by atoms with Crippen molar-refractivity contribution >= 4 is 27.5 Å². The molecule has 0 N–H and O–H groups in total. The lowest BCUT2D eigenvalue weighted by atomic mass is 9.98. The highest BCUT2D eigenvalue weighted by molar-refractivity contribution is 7.99. The molecule has 0 atom stereocenters.